The minimum absolute atomic E-state index is 0.438. The van der Waals surface area contributed by atoms with E-state index in [4.69, 9.17) is 17.5 Å². The Morgan fingerprint density at radius 3 is 2.86 bits per heavy atom. The number of hydrogen-bond acceptors (Lipinski definition) is 3. The fraction of sp³-hybridized carbons (Fsp3) is 0.562. The van der Waals surface area contributed by atoms with Crippen LogP contribution in [-0.2, 0) is 7.05 Å². The zero-order valence-corrected chi connectivity index (χ0v) is 14.2. The largest absolute Gasteiger partial charge is 0.358 e. The van der Waals surface area contributed by atoms with Gasteiger partial charge in [-0.05, 0) is 44.0 Å². The monoisotopic (exact) mass is 317 g/mol. The molecule has 0 saturated heterocycles. The Bertz CT molecular complexity index is 611. The zero-order chi connectivity index (χ0) is 16.1. The van der Waals surface area contributed by atoms with Gasteiger partial charge in [-0.15, -0.1) is 0 Å². The Morgan fingerprint density at radius 1 is 1.50 bits per heavy atom. The molecule has 0 unspecified atom stereocenters. The summed E-state index contributed by atoms with van der Waals surface area (Å²) in [4.78, 5) is 0. The molecule has 2 N–H and O–H groups in total. The second-order valence-electron chi connectivity index (χ2n) is 5.95. The van der Waals surface area contributed by atoms with Gasteiger partial charge in [0.2, 0.25) is 0 Å². The van der Waals surface area contributed by atoms with E-state index in [9.17, 15) is 0 Å². The molecular formula is C16H23N5S. The summed E-state index contributed by atoms with van der Waals surface area (Å²) in [6, 6.07) is 4.41. The van der Waals surface area contributed by atoms with Crippen LogP contribution in [0.3, 0.4) is 0 Å². The second kappa shape index (κ2) is 7.41. The van der Waals surface area contributed by atoms with Crippen LogP contribution in [0.15, 0.2) is 11.2 Å². The first kappa shape index (κ1) is 16.5. The number of nitrogens with zero attached hydrogens (tertiary/aromatic N) is 3. The van der Waals surface area contributed by atoms with Crippen LogP contribution in [0.1, 0.15) is 49.6 Å². The Hall–Kier alpha value is -1.87. The predicted octanol–water partition coefficient (Wildman–Crippen LogP) is 2.58. The number of hydrazone groups is 1. The van der Waals surface area contributed by atoms with E-state index >= 15 is 0 Å². The molecule has 118 valence electrons. The summed E-state index contributed by atoms with van der Waals surface area (Å²) in [7, 11) is 1.87. The van der Waals surface area contributed by atoms with Crippen LogP contribution in [0.2, 0.25) is 0 Å². The smallest absolute Gasteiger partial charge is 0.187 e. The van der Waals surface area contributed by atoms with Crippen molar-refractivity contribution in [3.63, 3.8) is 0 Å². The fourth-order valence-corrected chi connectivity index (χ4v) is 3.06. The molecule has 0 aromatic carbocycles. The summed E-state index contributed by atoms with van der Waals surface area (Å²) >= 11 is 5.30. The second-order valence-corrected chi connectivity index (χ2v) is 6.36. The van der Waals surface area contributed by atoms with E-state index in [1.807, 2.05) is 24.6 Å². The quantitative estimate of drug-likeness (QED) is 0.511. The minimum atomic E-state index is 0.438. The van der Waals surface area contributed by atoms with Gasteiger partial charge in [-0.25, -0.2) is 0 Å². The lowest BCUT2D eigenvalue weighted by Crippen LogP contribution is -2.44. The standard InChI is InChI=1S/C16H23N5S/c1-11-6-4-5-7-15(11)19-16(22)20-18-10-13-8-14(9-17)21(3)12(13)2/h8,10-11,15H,4-7H2,1-3H3,(H2,19,20,22)/b18-10-/t11-,15+/m0/s1. The van der Waals surface area contributed by atoms with Gasteiger partial charge in [0.1, 0.15) is 11.8 Å². The van der Waals surface area contributed by atoms with Crippen molar-refractivity contribution in [3.8, 4) is 6.07 Å². The maximum atomic E-state index is 9.02. The average Bonchev–Trinajstić information content (AvgIpc) is 2.77. The highest BCUT2D eigenvalue weighted by atomic mass is 32.1. The molecule has 1 saturated carbocycles. The molecule has 22 heavy (non-hydrogen) atoms. The molecule has 0 radical (unpaired) electrons. The lowest BCUT2D eigenvalue weighted by atomic mass is 9.86. The predicted molar refractivity (Wildman–Crippen MR) is 92.7 cm³/mol. The van der Waals surface area contributed by atoms with Gasteiger partial charge in [-0.2, -0.15) is 10.4 Å². The van der Waals surface area contributed by atoms with Crippen molar-refractivity contribution >= 4 is 23.5 Å². The van der Waals surface area contributed by atoms with Crippen LogP contribution in [0.4, 0.5) is 0 Å². The molecule has 1 aromatic rings. The maximum Gasteiger partial charge on any atom is 0.187 e. The van der Waals surface area contributed by atoms with Gasteiger partial charge in [0.25, 0.3) is 0 Å². The molecule has 0 aliphatic heterocycles. The van der Waals surface area contributed by atoms with Crippen molar-refractivity contribution < 1.29 is 0 Å². The average molecular weight is 317 g/mol. The number of hydrogen-bond donors (Lipinski definition) is 2. The summed E-state index contributed by atoms with van der Waals surface area (Å²) in [5, 5.41) is 17.1. The highest BCUT2D eigenvalue weighted by molar-refractivity contribution is 7.80. The van der Waals surface area contributed by atoms with Crippen molar-refractivity contribution in [3.05, 3.63) is 23.0 Å². The third-order valence-electron chi connectivity index (χ3n) is 4.49. The summed E-state index contributed by atoms with van der Waals surface area (Å²) in [5.74, 6) is 0.645. The van der Waals surface area contributed by atoms with Crippen LogP contribution < -0.4 is 10.7 Å². The molecule has 1 aromatic heterocycles. The lowest BCUT2D eigenvalue weighted by molar-refractivity contribution is 0.308. The van der Waals surface area contributed by atoms with Crippen LogP contribution in [0, 0.1) is 24.2 Å². The SMILES string of the molecule is Cc1c(/C=N\NC(=S)N[C@@H]2CCCC[C@@H]2C)cc(C#N)n1C. The van der Waals surface area contributed by atoms with Crippen molar-refractivity contribution in [2.45, 2.75) is 45.6 Å². The van der Waals surface area contributed by atoms with Gasteiger partial charge in [-0.3, -0.25) is 5.43 Å². The first-order chi connectivity index (χ1) is 10.5. The molecule has 2 atom stereocenters. The van der Waals surface area contributed by atoms with E-state index in [2.05, 4.69) is 28.8 Å². The normalized spacial score (nSPS) is 21.5. The molecule has 1 heterocycles. The summed E-state index contributed by atoms with van der Waals surface area (Å²) in [6.07, 6.45) is 6.69. The molecule has 0 spiro atoms. The minimum Gasteiger partial charge on any atom is -0.358 e. The number of rotatable bonds is 3. The Kier molecular flexibility index (Phi) is 5.56. The van der Waals surface area contributed by atoms with Gasteiger partial charge in [0.15, 0.2) is 5.11 Å². The molecule has 1 aliphatic carbocycles. The van der Waals surface area contributed by atoms with E-state index in [-0.39, 0.29) is 0 Å². The van der Waals surface area contributed by atoms with Crippen molar-refractivity contribution in [1.29, 1.82) is 5.26 Å². The molecule has 0 amide bonds. The summed E-state index contributed by atoms with van der Waals surface area (Å²) in [5.41, 5.74) is 5.41. The first-order valence-electron chi connectivity index (χ1n) is 7.69. The number of aromatic nitrogens is 1. The number of nitriles is 1. The van der Waals surface area contributed by atoms with Crippen LogP contribution in [0.5, 0.6) is 0 Å². The summed E-state index contributed by atoms with van der Waals surface area (Å²) < 4.78 is 1.85. The number of nitrogens with one attached hydrogen (secondary N) is 2. The molecule has 6 heteroatoms. The highest BCUT2D eigenvalue weighted by Crippen LogP contribution is 2.23. The molecule has 5 nitrogen and oxygen atoms in total. The zero-order valence-electron chi connectivity index (χ0n) is 13.4. The molecular weight excluding hydrogens is 294 g/mol. The maximum absolute atomic E-state index is 9.02. The molecule has 0 bridgehead atoms. The van der Waals surface area contributed by atoms with E-state index in [1.54, 1.807) is 6.21 Å². The Labute approximate surface area is 137 Å². The van der Waals surface area contributed by atoms with Crippen molar-refractivity contribution in [1.82, 2.24) is 15.3 Å². The van der Waals surface area contributed by atoms with Gasteiger partial charge in [0.05, 0.1) is 6.21 Å². The topological polar surface area (TPSA) is 65.1 Å². The van der Waals surface area contributed by atoms with Crippen LogP contribution in [0.25, 0.3) is 0 Å². The van der Waals surface area contributed by atoms with E-state index in [1.165, 1.54) is 19.3 Å². The fourth-order valence-electron chi connectivity index (χ4n) is 2.85. The Morgan fingerprint density at radius 2 is 2.23 bits per heavy atom. The highest BCUT2D eigenvalue weighted by Gasteiger charge is 2.21. The third-order valence-corrected chi connectivity index (χ3v) is 4.70. The lowest BCUT2D eigenvalue weighted by Gasteiger charge is -2.30. The Balaban J connectivity index is 1.89. The third kappa shape index (κ3) is 3.86. The summed E-state index contributed by atoms with van der Waals surface area (Å²) in [6.45, 7) is 4.22. The first-order valence-corrected chi connectivity index (χ1v) is 8.09. The van der Waals surface area contributed by atoms with Crippen LogP contribution in [-0.4, -0.2) is 21.9 Å². The van der Waals surface area contributed by atoms with E-state index < -0.39 is 0 Å². The van der Waals surface area contributed by atoms with Crippen molar-refractivity contribution in [2.75, 3.05) is 0 Å². The number of thiocarbonyl (C=S) groups is 1. The van der Waals surface area contributed by atoms with Gasteiger partial charge < -0.3 is 9.88 Å². The molecule has 1 aliphatic rings. The van der Waals surface area contributed by atoms with Crippen LogP contribution >= 0.6 is 12.2 Å². The molecule has 1 fully saturated rings. The van der Waals surface area contributed by atoms with E-state index in [0.29, 0.717) is 22.8 Å². The van der Waals surface area contributed by atoms with E-state index in [0.717, 1.165) is 17.7 Å². The van der Waals surface area contributed by atoms with Gasteiger partial charge in [-0.1, -0.05) is 19.8 Å². The van der Waals surface area contributed by atoms with Gasteiger partial charge >= 0.3 is 0 Å². The van der Waals surface area contributed by atoms with Crippen molar-refractivity contribution in [2.24, 2.45) is 18.1 Å². The molecule has 2 rings (SSSR count). The van der Waals surface area contributed by atoms with Gasteiger partial charge in [0, 0.05) is 24.3 Å².